The van der Waals surface area contributed by atoms with Gasteiger partial charge in [-0.25, -0.2) is 0 Å². The van der Waals surface area contributed by atoms with Crippen LogP contribution in [0.2, 0.25) is 0 Å². The first-order valence-corrected chi connectivity index (χ1v) is 8.11. The highest BCUT2D eigenvalue weighted by atomic mass is 16.2. The number of hydrogen-bond donors (Lipinski definition) is 2. The lowest BCUT2D eigenvalue weighted by atomic mass is 10.1. The van der Waals surface area contributed by atoms with Crippen LogP contribution in [0.4, 0.5) is 0 Å². The highest BCUT2D eigenvalue weighted by Crippen LogP contribution is 2.14. The van der Waals surface area contributed by atoms with E-state index in [1.807, 2.05) is 29.2 Å². The third-order valence-electron chi connectivity index (χ3n) is 4.43. The van der Waals surface area contributed by atoms with Gasteiger partial charge in [-0.2, -0.15) is 0 Å². The SMILES string of the molecule is O=C(NCC1CCCN1)c1ccc(CN2CCCC2=O)cc1. The van der Waals surface area contributed by atoms with E-state index in [2.05, 4.69) is 10.6 Å². The van der Waals surface area contributed by atoms with Crippen molar-refractivity contribution in [1.29, 1.82) is 0 Å². The Kier molecular flexibility index (Phi) is 4.73. The summed E-state index contributed by atoms with van der Waals surface area (Å²) in [6.07, 6.45) is 3.93. The van der Waals surface area contributed by atoms with Gasteiger partial charge < -0.3 is 15.5 Å². The molecule has 2 aliphatic heterocycles. The Labute approximate surface area is 131 Å². The molecule has 5 heteroatoms. The number of carbonyl (C=O) groups excluding carboxylic acids is 2. The topological polar surface area (TPSA) is 61.4 Å². The van der Waals surface area contributed by atoms with Gasteiger partial charge in [-0.05, 0) is 43.5 Å². The molecule has 1 unspecified atom stereocenters. The van der Waals surface area contributed by atoms with E-state index in [1.165, 1.54) is 6.42 Å². The Balaban J connectivity index is 1.51. The zero-order chi connectivity index (χ0) is 15.4. The van der Waals surface area contributed by atoms with E-state index in [0.29, 0.717) is 31.1 Å². The zero-order valence-corrected chi connectivity index (χ0v) is 12.8. The Morgan fingerprint density at radius 1 is 1.27 bits per heavy atom. The standard InChI is InChI=1S/C17H23N3O2/c21-16-4-2-10-20(16)12-13-5-7-14(8-6-13)17(22)19-11-15-3-1-9-18-15/h5-8,15,18H,1-4,9-12H2,(H,19,22). The van der Waals surface area contributed by atoms with Gasteiger partial charge in [0.2, 0.25) is 5.91 Å². The van der Waals surface area contributed by atoms with E-state index >= 15 is 0 Å². The van der Waals surface area contributed by atoms with Gasteiger partial charge >= 0.3 is 0 Å². The molecule has 1 atom stereocenters. The Bertz CT molecular complexity index is 535. The van der Waals surface area contributed by atoms with E-state index in [-0.39, 0.29) is 11.8 Å². The fourth-order valence-electron chi connectivity index (χ4n) is 3.10. The monoisotopic (exact) mass is 301 g/mol. The van der Waals surface area contributed by atoms with Crippen LogP contribution in [0.25, 0.3) is 0 Å². The third-order valence-corrected chi connectivity index (χ3v) is 4.43. The molecule has 1 aromatic rings. The fourth-order valence-corrected chi connectivity index (χ4v) is 3.10. The van der Waals surface area contributed by atoms with Crippen LogP contribution in [0.1, 0.15) is 41.6 Å². The maximum Gasteiger partial charge on any atom is 0.251 e. The smallest absolute Gasteiger partial charge is 0.251 e. The van der Waals surface area contributed by atoms with Gasteiger partial charge in [-0.1, -0.05) is 12.1 Å². The van der Waals surface area contributed by atoms with E-state index in [0.717, 1.165) is 31.5 Å². The minimum atomic E-state index is -0.0301. The second kappa shape index (κ2) is 6.92. The molecule has 22 heavy (non-hydrogen) atoms. The third kappa shape index (κ3) is 3.65. The molecule has 5 nitrogen and oxygen atoms in total. The first-order valence-electron chi connectivity index (χ1n) is 8.11. The van der Waals surface area contributed by atoms with Crippen LogP contribution in [-0.4, -0.2) is 42.4 Å². The van der Waals surface area contributed by atoms with Gasteiger partial charge in [0.15, 0.2) is 0 Å². The molecule has 1 aromatic carbocycles. The van der Waals surface area contributed by atoms with Crippen molar-refractivity contribution in [2.75, 3.05) is 19.6 Å². The van der Waals surface area contributed by atoms with E-state index in [1.54, 1.807) is 0 Å². The summed E-state index contributed by atoms with van der Waals surface area (Å²) in [7, 11) is 0. The first-order chi connectivity index (χ1) is 10.7. The van der Waals surface area contributed by atoms with Gasteiger partial charge in [0.05, 0.1) is 0 Å². The lowest BCUT2D eigenvalue weighted by Crippen LogP contribution is -2.37. The van der Waals surface area contributed by atoms with Crippen LogP contribution < -0.4 is 10.6 Å². The van der Waals surface area contributed by atoms with E-state index in [9.17, 15) is 9.59 Å². The van der Waals surface area contributed by atoms with Crippen molar-refractivity contribution in [2.45, 2.75) is 38.3 Å². The molecular weight excluding hydrogens is 278 g/mol. The van der Waals surface area contributed by atoms with E-state index in [4.69, 9.17) is 0 Å². The average Bonchev–Trinajstić information content (AvgIpc) is 3.18. The Hall–Kier alpha value is -1.88. The van der Waals surface area contributed by atoms with Crippen molar-refractivity contribution >= 4 is 11.8 Å². The molecule has 0 radical (unpaired) electrons. The molecular formula is C17H23N3O2. The second-order valence-electron chi connectivity index (χ2n) is 6.12. The molecule has 2 aliphatic rings. The molecule has 0 bridgehead atoms. The van der Waals surface area contributed by atoms with Crippen molar-refractivity contribution < 1.29 is 9.59 Å². The molecule has 2 N–H and O–H groups in total. The van der Waals surface area contributed by atoms with Crippen molar-refractivity contribution in [3.05, 3.63) is 35.4 Å². The number of nitrogens with zero attached hydrogens (tertiary/aromatic N) is 1. The summed E-state index contributed by atoms with van der Waals surface area (Å²) in [6, 6.07) is 7.97. The summed E-state index contributed by atoms with van der Waals surface area (Å²) in [6.45, 7) is 3.22. The van der Waals surface area contributed by atoms with Crippen LogP contribution >= 0.6 is 0 Å². The summed E-state index contributed by atoms with van der Waals surface area (Å²) < 4.78 is 0. The number of amides is 2. The van der Waals surface area contributed by atoms with Crippen LogP contribution in [0.5, 0.6) is 0 Å². The van der Waals surface area contributed by atoms with Gasteiger partial charge in [-0.3, -0.25) is 9.59 Å². The highest BCUT2D eigenvalue weighted by molar-refractivity contribution is 5.94. The molecule has 2 amide bonds. The van der Waals surface area contributed by atoms with E-state index < -0.39 is 0 Å². The van der Waals surface area contributed by atoms with Crippen molar-refractivity contribution in [1.82, 2.24) is 15.5 Å². The number of hydrogen-bond acceptors (Lipinski definition) is 3. The number of rotatable bonds is 5. The number of likely N-dealkylation sites (tertiary alicyclic amines) is 1. The van der Waals surface area contributed by atoms with Gasteiger partial charge in [0.25, 0.3) is 5.91 Å². The van der Waals surface area contributed by atoms with Crippen LogP contribution in [-0.2, 0) is 11.3 Å². The molecule has 0 saturated carbocycles. The summed E-state index contributed by atoms with van der Waals surface area (Å²) in [5.41, 5.74) is 1.75. The summed E-state index contributed by atoms with van der Waals surface area (Å²) in [5.74, 6) is 0.198. The number of nitrogens with one attached hydrogen (secondary N) is 2. The van der Waals surface area contributed by atoms with Gasteiger partial charge in [0, 0.05) is 37.7 Å². The highest BCUT2D eigenvalue weighted by Gasteiger charge is 2.20. The minimum absolute atomic E-state index is 0.0301. The fraction of sp³-hybridized carbons (Fsp3) is 0.529. The van der Waals surface area contributed by atoms with Crippen molar-refractivity contribution in [3.63, 3.8) is 0 Å². The summed E-state index contributed by atoms with van der Waals surface area (Å²) >= 11 is 0. The largest absolute Gasteiger partial charge is 0.350 e. The zero-order valence-electron chi connectivity index (χ0n) is 12.8. The summed E-state index contributed by atoms with van der Waals surface area (Å²) in [5, 5.41) is 6.34. The maximum absolute atomic E-state index is 12.1. The molecule has 118 valence electrons. The number of benzene rings is 1. The van der Waals surface area contributed by atoms with Crippen LogP contribution in [0.3, 0.4) is 0 Å². The molecule has 3 rings (SSSR count). The lowest BCUT2D eigenvalue weighted by Gasteiger charge is -2.16. The second-order valence-corrected chi connectivity index (χ2v) is 6.12. The number of carbonyl (C=O) groups is 2. The predicted octanol–water partition coefficient (Wildman–Crippen LogP) is 1.29. The molecule has 0 spiro atoms. The maximum atomic E-state index is 12.1. The van der Waals surface area contributed by atoms with Crippen LogP contribution in [0, 0.1) is 0 Å². The van der Waals surface area contributed by atoms with Crippen LogP contribution in [0.15, 0.2) is 24.3 Å². The summed E-state index contributed by atoms with van der Waals surface area (Å²) in [4.78, 5) is 25.6. The molecule has 0 aromatic heterocycles. The predicted molar refractivity (Wildman–Crippen MR) is 84.5 cm³/mol. The normalized spacial score (nSPS) is 21.4. The lowest BCUT2D eigenvalue weighted by molar-refractivity contribution is -0.128. The van der Waals surface area contributed by atoms with Gasteiger partial charge in [0.1, 0.15) is 0 Å². The molecule has 2 heterocycles. The van der Waals surface area contributed by atoms with Gasteiger partial charge in [-0.15, -0.1) is 0 Å². The minimum Gasteiger partial charge on any atom is -0.350 e. The van der Waals surface area contributed by atoms with Crippen molar-refractivity contribution in [3.8, 4) is 0 Å². The quantitative estimate of drug-likeness (QED) is 0.861. The van der Waals surface area contributed by atoms with Crippen molar-refractivity contribution in [2.24, 2.45) is 0 Å². The average molecular weight is 301 g/mol. The Morgan fingerprint density at radius 3 is 2.73 bits per heavy atom. The first kappa shape index (κ1) is 15.0. The molecule has 0 aliphatic carbocycles. The molecule has 2 fully saturated rings. The molecule has 2 saturated heterocycles. The Morgan fingerprint density at radius 2 is 2.09 bits per heavy atom.